The molecule has 0 saturated carbocycles. The van der Waals surface area contributed by atoms with E-state index in [0.717, 1.165) is 12.0 Å². The monoisotopic (exact) mass is 330 g/mol. The van der Waals surface area contributed by atoms with Gasteiger partial charge in [0.1, 0.15) is 5.82 Å². The number of nitrogens with zero attached hydrogens (tertiary/aromatic N) is 1. The fourth-order valence-electron chi connectivity index (χ4n) is 2.83. The topological polar surface area (TPSA) is 41.6 Å². The Morgan fingerprint density at radius 3 is 2.73 bits per heavy atom. The van der Waals surface area contributed by atoms with Crippen molar-refractivity contribution in [1.29, 1.82) is 0 Å². The number of rotatable bonds is 6. The van der Waals surface area contributed by atoms with Crippen LogP contribution in [0.25, 0.3) is 0 Å². The maximum atomic E-state index is 13.0. The molecule has 1 saturated heterocycles. The molecule has 1 aromatic rings. The summed E-state index contributed by atoms with van der Waals surface area (Å²) in [6.07, 6.45) is 0.926. The fourth-order valence-corrected chi connectivity index (χ4v) is 2.83. The van der Waals surface area contributed by atoms with Crippen LogP contribution in [-0.4, -0.2) is 50.2 Å². The van der Waals surface area contributed by atoms with Crippen molar-refractivity contribution in [2.45, 2.75) is 25.3 Å². The summed E-state index contributed by atoms with van der Waals surface area (Å²) in [5.41, 5.74) is 1.10. The van der Waals surface area contributed by atoms with Crippen molar-refractivity contribution < 1.29 is 13.9 Å². The third kappa shape index (κ3) is 4.93. The summed E-state index contributed by atoms with van der Waals surface area (Å²) in [6, 6.07) is 6.82. The van der Waals surface area contributed by atoms with E-state index in [1.807, 2.05) is 17.0 Å². The average molecular weight is 331 g/mol. The SMILES string of the molecule is COCCNCC(=O)N1CC(c2ccc(F)cc2)CC1C.Cl. The number of likely N-dealkylation sites (tertiary alicyclic amines) is 1. The molecule has 1 aliphatic heterocycles. The highest BCUT2D eigenvalue weighted by molar-refractivity contribution is 5.85. The molecule has 124 valence electrons. The number of hydrogen-bond acceptors (Lipinski definition) is 3. The van der Waals surface area contributed by atoms with Gasteiger partial charge in [-0.25, -0.2) is 4.39 Å². The Hall–Kier alpha value is -1.17. The van der Waals surface area contributed by atoms with Crippen LogP contribution < -0.4 is 5.32 Å². The van der Waals surface area contributed by atoms with Crippen LogP contribution >= 0.6 is 12.4 Å². The highest BCUT2D eigenvalue weighted by Crippen LogP contribution is 2.31. The zero-order valence-corrected chi connectivity index (χ0v) is 13.9. The van der Waals surface area contributed by atoms with E-state index in [1.165, 1.54) is 12.1 Å². The molecule has 1 aliphatic rings. The molecule has 2 rings (SSSR count). The molecule has 0 aromatic heterocycles. The van der Waals surface area contributed by atoms with Gasteiger partial charge in [0, 0.05) is 32.2 Å². The molecule has 2 unspecified atom stereocenters. The van der Waals surface area contributed by atoms with E-state index in [2.05, 4.69) is 12.2 Å². The number of nitrogens with one attached hydrogen (secondary N) is 1. The summed E-state index contributed by atoms with van der Waals surface area (Å²) in [5, 5.41) is 3.08. The third-order valence-corrected chi connectivity index (χ3v) is 4.00. The van der Waals surface area contributed by atoms with Crippen LogP contribution in [0.2, 0.25) is 0 Å². The Morgan fingerprint density at radius 2 is 2.09 bits per heavy atom. The van der Waals surface area contributed by atoms with Crippen LogP contribution in [0.15, 0.2) is 24.3 Å². The standard InChI is InChI=1S/C16H23FN2O2.ClH/c1-12-9-14(13-3-5-15(17)6-4-13)11-19(12)16(20)10-18-7-8-21-2;/h3-6,12,14,18H,7-11H2,1-2H3;1H. The van der Waals surface area contributed by atoms with Gasteiger partial charge in [-0.05, 0) is 31.0 Å². The number of halogens is 2. The van der Waals surface area contributed by atoms with E-state index < -0.39 is 0 Å². The normalized spacial score (nSPS) is 20.8. The van der Waals surface area contributed by atoms with E-state index in [4.69, 9.17) is 4.74 Å². The van der Waals surface area contributed by atoms with Crippen LogP contribution in [0.3, 0.4) is 0 Å². The average Bonchev–Trinajstić information content (AvgIpc) is 2.86. The molecule has 1 N–H and O–H groups in total. The second kappa shape index (κ2) is 9.08. The van der Waals surface area contributed by atoms with Crippen molar-refractivity contribution >= 4 is 18.3 Å². The maximum Gasteiger partial charge on any atom is 0.236 e. The van der Waals surface area contributed by atoms with Gasteiger partial charge < -0.3 is 15.0 Å². The van der Waals surface area contributed by atoms with Crippen LogP contribution in [0, 0.1) is 5.82 Å². The van der Waals surface area contributed by atoms with Crippen molar-refractivity contribution in [3.63, 3.8) is 0 Å². The molecular formula is C16H24ClFN2O2. The van der Waals surface area contributed by atoms with Crippen LogP contribution in [0.1, 0.15) is 24.8 Å². The lowest BCUT2D eigenvalue weighted by Crippen LogP contribution is -2.40. The second-order valence-corrected chi connectivity index (χ2v) is 5.55. The number of carbonyl (C=O) groups is 1. The number of hydrogen-bond donors (Lipinski definition) is 1. The lowest BCUT2D eigenvalue weighted by Gasteiger charge is -2.21. The second-order valence-electron chi connectivity index (χ2n) is 5.55. The largest absolute Gasteiger partial charge is 0.383 e. The number of ether oxygens (including phenoxy) is 1. The van der Waals surface area contributed by atoms with Crippen LogP contribution in [0.4, 0.5) is 4.39 Å². The molecule has 2 atom stereocenters. The predicted molar refractivity (Wildman–Crippen MR) is 86.9 cm³/mol. The Labute approximate surface area is 137 Å². The van der Waals surface area contributed by atoms with Crippen molar-refractivity contribution in [3.05, 3.63) is 35.6 Å². The Morgan fingerprint density at radius 1 is 1.41 bits per heavy atom. The molecule has 1 heterocycles. The molecule has 1 aromatic carbocycles. The van der Waals surface area contributed by atoms with E-state index in [9.17, 15) is 9.18 Å². The highest BCUT2D eigenvalue weighted by atomic mass is 35.5. The van der Waals surface area contributed by atoms with Gasteiger partial charge in [-0.15, -0.1) is 12.4 Å². The number of benzene rings is 1. The summed E-state index contributed by atoms with van der Waals surface area (Å²) in [5.74, 6) is 0.187. The highest BCUT2D eigenvalue weighted by Gasteiger charge is 2.32. The Bertz CT molecular complexity index is 470. The van der Waals surface area contributed by atoms with Crippen molar-refractivity contribution in [1.82, 2.24) is 10.2 Å². The van der Waals surface area contributed by atoms with Gasteiger partial charge >= 0.3 is 0 Å². The summed E-state index contributed by atoms with van der Waals surface area (Å²) >= 11 is 0. The quantitative estimate of drug-likeness (QED) is 0.813. The maximum absolute atomic E-state index is 13.0. The first kappa shape index (κ1) is 18.9. The van der Waals surface area contributed by atoms with Crippen LogP contribution in [-0.2, 0) is 9.53 Å². The molecule has 0 radical (unpaired) electrons. The fraction of sp³-hybridized carbons (Fsp3) is 0.562. The Balaban J connectivity index is 0.00000242. The van der Waals surface area contributed by atoms with Gasteiger partial charge in [0.25, 0.3) is 0 Å². The van der Waals surface area contributed by atoms with Gasteiger partial charge in [0.2, 0.25) is 5.91 Å². The minimum absolute atomic E-state index is 0. The van der Waals surface area contributed by atoms with Gasteiger partial charge in [0.15, 0.2) is 0 Å². The van der Waals surface area contributed by atoms with Crippen molar-refractivity contribution in [2.75, 3.05) is 33.4 Å². The minimum Gasteiger partial charge on any atom is -0.383 e. The summed E-state index contributed by atoms with van der Waals surface area (Å²) in [6.45, 7) is 4.38. The van der Waals surface area contributed by atoms with E-state index in [1.54, 1.807) is 7.11 Å². The zero-order valence-electron chi connectivity index (χ0n) is 13.0. The molecule has 1 fully saturated rings. The summed E-state index contributed by atoms with van der Waals surface area (Å²) < 4.78 is 17.9. The third-order valence-electron chi connectivity index (χ3n) is 4.00. The zero-order chi connectivity index (χ0) is 15.2. The first-order valence-corrected chi connectivity index (χ1v) is 7.36. The first-order chi connectivity index (χ1) is 10.1. The van der Waals surface area contributed by atoms with Crippen LogP contribution in [0.5, 0.6) is 0 Å². The van der Waals surface area contributed by atoms with Gasteiger partial charge in [-0.2, -0.15) is 0 Å². The molecular weight excluding hydrogens is 307 g/mol. The Kier molecular flexibility index (Phi) is 7.79. The minimum atomic E-state index is -0.222. The lowest BCUT2D eigenvalue weighted by atomic mass is 9.97. The molecule has 0 spiro atoms. The number of amides is 1. The summed E-state index contributed by atoms with van der Waals surface area (Å²) in [4.78, 5) is 14.1. The van der Waals surface area contributed by atoms with Crippen molar-refractivity contribution in [3.8, 4) is 0 Å². The number of methoxy groups -OCH3 is 1. The molecule has 6 heteroatoms. The van der Waals surface area contributed by atoms with E-state index >= 15 is 0 Å². The number of carbonyl (C=O) groups excluding carboxylic acids is 1. The van der Waals surface area contributed by atoms with Gasteiger partial charge in [0.05, 0.1) is 13.2 Å². The molecule has 4 nitrogen and oxygen atoms in total. The molecule has 0 aliphatic carbocycles. The predicted octanol–water partition coefficient (Wildman–Crippen LogP) is 2.19. The van der Waals surface area contributed by atoms with E-state index in [-0.39, 0.29) is 30.2 Å². The summed E-state index contributed by atoms with van der Waals surface area (Å²) in [7, 11) is 1.64. The van der Waals surface area contributed by atoms with Crippen molar-refractivity contribution in [2.24, 2.45) is 0 Å². The smallest absolute Gasteiger partial charge is 0.236 e. The first-order valence-electron chi connectivity index (χ1n) is 7.36. The molecule has 1 amide bonds. The van der Waals surface area contributed by atoms with E-state index in [0.29, 0.717) is 32.2 Å². The molecule has 22 heavy (non-hydrogen) atoms. The van der Waals surface area contributed by atoms with Gasteiger partial charge in [-0.3, -0.25) is 4.79 Å². The molecule has 0 bridgehead atoms. The van der Waals surface area contributed by atoms with Gasteiger partial charge in [-0.1, -0.05) is 12.1 Å². The lowest BCUT2D eigenvalue weighted by molar-refractivity contribution is -0.130.